The number of carbonyl (C=O) groups is 2. The van der Waals surface area contributed by atoms with Gasteiger partial charge in [-0.1, -0.05) is 67.0 Å². The van der Waals surface area contributed by atoms with E-state index in [0.29, 0.717) is 30.1 Å². The number of phenolic OH excluding ortho intramolecular Hbond substituents is 1. The molecule has 1 amide bonds. The molecule has 2 unspecified atom stereocenters. The highest BCUT2D eigenvalue weighted by molar-refractivity contribution is 8.93. The lowest BCUT2D eigenvalue weighted by atomic mass is 9.78. The first-order valence-electron chi connectivity index (χ1n) is 13.4. The largest absolute Gasteiger partial charge is 0.507 e. The normalized spacial score (nSPS) is 17.6. The van der Waals surface area contributed by atoms with Crippen molar-refractivity contribution in [3.05, 3.63) is 58.7 Å². The molecule has 4 N–H and O–H groups in total. The Morgan fingerprint density at radius 1 is 1.03 bits per heavy atom. The van der Waals surface area contributed by atoms with Gasteiger partial charge in [0.15, 0.2) is 5.78 Å². The number of hydrogen-bond acceptors (Lipinski definition) is 4. The summed E-state index contributed by atoms with van der Waals surface area (Å²) in [5.41, 5.74) is 2.98. The molecule has 0 bridgehead atoms. The minimum Gasteiger partial charge on any atom is -0.507 e. The zero-order valence-corrected chi connectivity index (χ0v) is 25.9. The Labute approximate surface area is 243 Å². The predicted octanol–water partition coefficient (Wildman–Crippen LogP) is 7.41. The number of ketones is 1. The number of amidine groups is 1. The van der Waals surface area contributed by atoms with Crippen molar-refractivity contribution in [2.75, 3.05) is 18.4 Å². The number of carboxylic acid groups (broad SMARTS) is 1. The minimum atomic E-state index is -1.10. The molecule has 214 valence electrons. The van der Waals surface area contributed by atoms with Crippen molar-refractivity contribution in [1.29, 1.82) is 5.41 Å². The maximum Gasteiger partial charge on any atom is 0.409 e. The van der Waals surface area contributed by atoms with Gasteiger partial charge in [0, 0.05) is 34.8 Å². The van der Waals surface area contributed by atoms with Crippen molar-refractivity contribution >= 4 is 40.4 Å². The molecule has 1 saturated heterocycles. The first-order chi connectivity index (χ1) is 17.6. The van der Waals surface area contributed by atoms with Gasteiger partial charge < -0.3 is 15.1 Å². The Morgan fingerprint density at radius 3 is 2.03 bits per heavy atom. The fraction of sp³-hybridized carbons (Fsp3) is 0.516. The molecule has 0 aliphatic carbocycles. The van der Waals surface area contributed by atoms with E-state index in [1.807, 2.05) is 70.7 Å². The SMILES string of the molecule is Br.CCCC1CN(CC(=O)c2cc(C(C)(C)C)c(O)c(C(C)(C)C)c2)C(=N)C1Cc1ccc(NC(=O)O)cc1. The summed E-state index contributed by atoms with van der Waals surface area (Å²) in [4.78, 5) is 26.4. The molecule has 0 spiro atoms. The fourth-order valence-electron chi connectivity index (χ4n) is 5.35. The van der Waals surface area contributed by atoms with E-state index in [9.17, 15) is 14.7 Å². The van der Waals surface area contributed by atoms with Gasteiger partial charge in [-0.05, 0) is 59.4 Å². The van der Waals surface area contributed by atoms with Crippen molar-refractivity contribution in [2.45, 2.75) is 78.6 Å². The third-order valence-corrected chi connectivity index (χ3v) is 7.42. The van der Waals surface area contributed by atoms with Crippen LogP contribution in [0.4, 0.5) is 10.5 Å². The van der Waals surface area contributed by atoms with Gasteiger partial charge in [0.1, 0.15) is 11.6 Å². The highest BCUT2D eigenvalue weighted by atomic mass is 79.9. The van der Waals surface area contributed by atoms with E-state index in [2.05, 4.69) is 12.2 Å². The standard InChI is InChI=1S/C31H43N3O4.BrH/c1-8-9-20-17-34(28(32)23(20)14-19-10-12-22(13-11-19)33-29(37)38)18-26(35)21-15-24(30(2,3)4)27(36)25(16-21)31(5,6)7;/h10-13,15-16,20,23,32-33,36H,8-9,14,17-18H2,1-7H3,(H,37,38);1H. The Balaban J connectivity index is 0.00000533. The quantitative estimate of drug-likeness (QED) is 0.235. The van der Waals surface area contributed by atoms with Crippen molar-refractivity contribution in [3.63, 3.8) is 0 Å². The zero-order valence-electron chi connectivity index (χ0n) is 24.2. The lowest BCUT2D eigenvalue weighted by Crippen LogP contribution is -2.33. The monoisotopic (exact) mass is 601 g/mol. The van der Waals surface area contributed by atoms with Crippen molar-refractivity contribution < 1.29 is 19.8 Å². The number of nitrogens with zero attached hydrogens (tertiary/aromatic N) is 1. The van der Waals surface area contributed by atoms with Crippen LogP contribution >= 0.6 is 17.0 Å². The molecule has 2 aromatic carbocycles. The summed E-state index contributed by atoms with van der Waals surface area (Å²) in [5.74, 6) is 0.951. The van der Waals surface area contributed by atoms with Crippen molar-refractivity contribution in [3.8, 4) is 5.75 Å². The summed E-state index contributed by atoms with van der Waals surface area (Å²) < 4.78 is 0. The summed E-state index contributed by atoms with van der Waals surface area (Å²) >= 11 is 0. The molecule has 0 aromatic heterocycles. The predicted molar refractivity (Wildman–Crippen MR) is 163 cm³/mol. The maximum atomic E-state index is 13.6. The van der Waals surface area contributed by atoms with Crippen molar-refractivity contribution in [2.24, 2.45) is 11.8 Å². The van der Waals surface area contributed by atoms with Crippen LogP contribution in [0.25, 0.3) is 0 Å². The molecule has 2 aromatic rings. The smallest absolute Gasteiger partial charge is 0.409 e. The van der Waals surface area contributed by atoms with E-state index < -0.39 is 6.09 Å². The van der Waals surface area contributed by atoms with Crippen LogP contribution in [0.1, 0.15) is 88.4 Å². The third kappa shape index (κ3) is 7.84. The molecular weight excluding hydrogens is 558 g/mol. The maximum absolute atomic E-state index is 13.6. The first kappa shape index (κ1) is 32.3. The number of aromatic hydroxyl groups is 1. The number of amides is 1. The molecule has 1 aliphatic heterocycles. The van der Waals surface area contributed by atoms with Crippen LogP contribution in [0.3, 0.4) is 0 Å². The Bertz CT molecular complexity index is 1160. The van der Waals surface area contributed by atoms with E-state index in [-0.39, 0.29) is 57.7 Å². The van der Waals surface area contributed by atoms with Crippen LogP contribution in [-0.4, -0.2) is 45.9 Å². The van der Waals surface area contributed by atoms with Crippen molar-refractivity contribution in [1.82, 2.24) is 4.90 Å². The van der Waals surface area contributed by atoms with Crippen LogP contribution in [0.2, 0.25) is 0 Å². The highest BCUT2D eigenvalue weighted by Crippen LogP contribution is 2.40. The highest BCUT2D eigenvalue weighted by Gasteiger charge is 2.38. The molecule has 39 heavy (non-hydrogen) atoms. The van der Waals surface area contributed by atoms with Gasteiger partial charge >= 0.3 is 6.09 Å². The molecule has 0 saturated carbocycles. The number of rotatable bonds is 8. The van der Waals surface area contributed by atoms with Crippen LogP contribution in [-0.2, 0) is 17.3 Å². The fourth-order valence-corrected chi connectivity index (χ4v) is 5.35. The lowest BCUT2D eigenvalue weighted by Gasteiger charge is -2.28. The molecule has 7 nitrogen and oxygen atoms in total. The van der Waals surface area contributed by atoms with Gasteiger partial charge in [0.05, 0.1) is 6.54 Å². The Morgan fingerprint density at radius 2 is 1.56 bits per heavy atom. The molecule has 3 rings (SSSR count). The van der Waals surface area contributed by atoms with Gasteiger partial charge in [0.2, 0.25) is 0 Å². The molecule has 1 heterocycles. The van der Waals surface area contributed by atoms with E-state index in [1.54, 1.807) is 12.1 Å². The summed E-state index contributed by atoms with van der Waals surface area (Å²) in [6.07, 6.45) is 1.54. The number of hydrogen-bond donors (Lipinski definition) is 4. The molecule has 1 fully saturated rings. The number of nitrogens with one attached hydrogen (secondary N) is 2. The molecular formula is C31H44BrN3O4. The Hall–Kier alpha value is -2.87. The van der Waals surface area contributed by atoms with Crippen LogP contribution in [0, 0.1) is 17.2 Å². The number of anilines is 1. The summed E-state index contributed by atoms with van der Waals surface area (Å²) in [6.45, 7) is 15.1. The molecule has 0 radical (unpaired) electrons. The topological polar surface area (TPSA) is 114 Å². The van der Waals surface area contributed by atoms with Gasteiger partial charge in [-0.25, -0.2) is 4.79 Å². The summed E-state index contributed by atoms with van der Waals surface area (Å²) in [5, 5.41) is 31.3. The number of halogens is 1. The second-order valence-corrected chi connectivity index (χ2v) is 12.6. The first-order valence-corrected chi connectivity index (χ1v) is 13.4. The van der Waals surface area contributed by atoms with Gasteiger partial charge in [-0.3, -0.25) is 15.5 Å². The summed E-state index contributed by atoms with van der Waals surface area (Å²) in [7, 11) is 0. The van der Waals surface area contributed by atoms with E-state index in [1.165, 1.54) is 0 Å². The number of likely N-dealkylation sites (tertiary alicyclic amines) is 1. The minimum absolute atomic E-state index is 0. The van der Waals surface area contributed by atoms with Gasteiger partial charge in [-0.15, -0.1) is 17.0 Å². The van der Waals surface area contributed by atoms with Crippen LogP contribution in [0.15, 0.2) is 36.4 Å². The van der Waals surface area contributed by atoms with E-state index in [4.69, 9.17) is 10.5 Å². The van der Waals surface area contributed by atoms with E-state index in [0.717, 1.165) is 29.5 Å². The van der Waals surface area contributed by atoms with Gasteiger partial charge in [0.25, 0.3) is 0 Å². The van der Waals surface area contributed by atoms with E-state index >= 15 is 0 Å². The number of carbonyl (C=O) groups excluding carboxylic acids is 1. The Kier molecular flexibility index (Phi) is 10.4. The van der Waals surface area contributed by atoms with Crippen LogP contribution < -0.4 is 5.32 Å². The second-order valence-electron chi connectivity index (χ2n) is 12.6. The van der Waals surface area contributed by atoms with Crippen LogP contribution in [0.5, 0.6) is 5.75 Å². The second kappa shape index (κ2) is 12.5. The number of benzene rings is 2. The zero-order chi connectivity index (χ0) is 28.4. The summed E-state index contributed by atoms with van der Waals surface area (Å²) in [6, 6.07) is 10.9. The third-order valence-electron chi connectivity index (χ3n) is 7.42. The molecule has 8 heteroatoms. The molecule has 2 atom stereocenters. The molecule has 1 aliphatic rings. The number of phenols is 1. The van der Waals surface area contributed by atoms with Gasteiger partial charge in [-0.2, -0.15) is 0 Å². The average molecular weight is 603 g/mol. The number of Topliss-reactive ketones (excluding diaryl/α,β-unsaturated/α-hetero) is 1. The lowest BCUT2D eigenvalue weighted by molar-refractivity contribution is 0.0963. The average Bonchev–Trinajstić information content (AvgIpc) is 3.07.